The van der Waals surface area contributed by atoms with Gasteiger partial charge in [-0.05, 0) is 73.2 Å². The highest BCUT2D eigenvalue weighted by atomic mass is 16.5. The molecule has 0 saturated carbocycles. The average Bonchev–Trinajstić information content (AvgIpc) is 2.96. The van der Waals surface area contributed by atoms with Gasteiger partial charge in [-0.15, -0.1) is 0 Å². The molecule has 0 aliphatic rings. The van der Waals surface area contributed by atoms with E-state index in [2.05, 4.69) is 13.8 Å². The minimum absolute atomic E-state index is 0.0876. The van der Waals surface area contributed by atoms with Gasteiger partial charge in [0.1, 0.15) is 11.5 Å². The van der Waals surface area contributed by atoms with Crippen molar-refractivity contribution in [3.8, 4) is 11.5 Å². The van der Waals surface area contributed by atoms with Crippen LogP contribution in [0.1, 0.15) is 99.8 Å². The van der Waals surface area contributed by atoms with Gasteiger partial charge in [0.25, 0.3) is 0 Å². The third-order valence-corrected chi connectivity index (χ3v) is 6.99. The Morgan fingerprint density at radius 1 is 0.575 bits per heavy atom. The Kier molecular flexibility index (Phi) is 12.7. The van der Waals surface area contributed by atoms with E-state index in [0.717, 1.165) is 70.2 Å². The molecule has 4 rings (SSSR count). The summed E-state index contributed by atoms with van der Waals surface area (Å²) in [7, 11) is 0. The predicted molar refractivity (Wildman–Crippen MR) is 167 cm³/mol. The molecule has 0 fully saturated rings. The van der Waals surface area contributed by atoms with E-state index in [1.54, 1.807) is 13.8 Å². The number of Topliss-reactive ketones (excluding diaryl/α,β-unsaturated/α-hetero) is 2. The van der Waals surface area contributed by atoms with E-state index in [-0.39, 0.29) is 11.6 Å². The molecule has 0 aromatic heterocycles. The first-order chi connectivity index (χ1) is 19.4. The average molecular weight is 541 g/mol. The number of carbonyl (C=O) groups is 2. The highest BCUT2D eigenvalue weighted by Gasteiger charge is 2.06. The maximum Gasteiger partial charge on any atom is 0.159 e. The fourth-order valence-corrected chi connectivity index (χ4v) is 4.55. The van der Waals surface area contributed by atoms with Gasteiger partial charge in [-0.3, -0.25) is 9.59 Å². The van der Waals surface area contributed by atoms with E-state index < -0.39 is 0 Å². The standard InChI is InChI=1S/2C18H22O2/c1-3-4-5-6-11-20-18-10-9-15-7-8-16(14(2)19)12-17(15)13-18;1-3-4-5-6-12-20-18-9-7-8-15-10-11-16(14(2)19)13-17(15)18/h7-10,12-13H,3-6,11H2,1-2H3;7-11,13H,3-6,12H2,1-2H3. The summed E-state index contributed by atoms with van der Waals surface area (Å²) in [5.74, 6) is 1.94. The van der Waals surface area contributed by atoms with Crippen molar-refractivity contribution >= 4 is 33.1 Å². The van der Waals surface area contributed by atoms with Gasteiger partial charge in [0.2, 0.25) is 0 Å². The van der Waals surface area contributed by atoms with Crippen molar-refractivity contribution < 1.29 is 19.1 Å². The zero-order chi connectivity index (χ0) is 28.7. The molecular weight excluding hydrogens is 496 g/mol. The molecule has 0 saturated heterocycles. The topological polar surface area (TPSA) is 52.6 Å². The number of ketones is 2. The van der Waals surface area contributed by atoms with Gasteiger partial charge in [-0.25, -0.2) is 0 Å². The van der Waals surface area contributed by atoms with Crippen LogP contribution in [0.5, 0.6) is 11.5 Å². The molecule has 212 valence electrons. The Morgan fingerprint density at radius 2 is 1.18 bits per heavy atom. The normalized spacial score (nSPS) is 10.7. The molecule has 0 atom stereocenters. The Balaban J connectivity index is 0.000000220. The van der Waals surface area contributed by atoms with Crippen LogP contribution in [0.25, 0.3) is 21.5 Å². The first kappa shape index (κ1) is 30.9. The predicted octanol–water partition coefficient (Wildman–Crippen LogP) is 10.0. The fourth-order valence-electron chi connectivity index (χ4n) is 4.55. The largest absolute Gasteiger partial charge is 0.494 e. The van der Waals surface area contributed by atoms with Crippen molar-refractivity contribution in [2.24, 2.45) is 0 Å². The van der Waals surface area contributed by atoms with Crippen molar-refractivity contribution in [3.63, 3.8) is 0 Å². The molecule has 40 heavy (non-hydrogen) atoms. The lowest BCUT2D eigenvalue weighted by Gasteiger charge is -2.10. The monoisotopic (exact) mass is 540 g/mol. The van der Waals surface area contributed by atoms with Gasteiger partial charge in [-0.2, -0.15) is 0 Å². The summed E-state index contributed by atoms with van der Waals surface area (Å²) in [6, 6.07) is 23.6. The van der Waals surface area contributed by atoms with Crippen LogP contribution in [0.2, 0.25) is 0 Å². The molecule has 4 heteroatoms. The van der Waals surface area contributed by atoms with E-state index in [0.29, 0.717) is 0 Å². The zero-order valence-corrected chi connectivity index (χ0v) is 24.6. The van der Waals surface area contributed by atoms with Gasteiger partial charge >= 0.3 is 0 Å². The van der Waals surface area contributed by atoms with Crippen molar-refractivity contribution in [3.05, 3.63) is 83.9 Å². The van der Waals surface area contributed by atoms with Crippen LogP contribution < -0.4 is 9.47 Å². The van der Waals surface area contributed by atoms with Crippen molar-refractivity contribution in [1.82, 2.24) is 0 Å². The lowest BCUT2D eigenvalue weighted by molar-refractivity contribution is 0.100. The van der Waals surface area contributed by atoms with Crippen LogP contribution >= 0.6 is 0 Å². The number of ether oxygens (including phenoxy) is 2. The van der Waals surface area contributed by atoms with Gasteiger partial charge in [0.15, 0.2) is 11.6 Å². The van der Waals surface area contributed by atoms with E-state index in [1.165, 1.54) is 38.5 Å². The minimum Gasteiger partial charge on any atom is -0.494 e. The smallest absolute Gasteiger partial charge is 0.159 e. The maximum atomic E-state index is 11.5. The lowest BCUT2D eigenvalue weighted by atomic mass is 10.0. The second kappa shape index (κ2) is 16.4. The summed E-state index contributed by atoms with van der Waals surface area (Å²) in [5.41, 5.74) is 1.48. The Labute approximate surface area is 239 Å². The summed E-state index contributed by atoms with van der Waals surface area (Å²) >= 11 is 0. The van der Waals surface area contributed by atoms with E-state index in [9.17, 15) is 9.59 Å². The van der Waals surface area contributed by atoms with Gasteiger partial charge in [0.05, 0.1) is 13.2 Å². The summed E-state index contributed by atoms with van der Waals surface area (Å²) in [4.78, 5) is 22.9. The van der Waals surface area contributed by atoms with Crippen molar-refractivity contribution in [2.45, 2.75) is 79.1 Å². The second-order valence-corrected chi connectivity index (χ2v) is 10.3. The third-order valence-electron chi connectivity index (χ3n) is 6.99. The summed E-state index contributed by atoms with van der Waals surface area (Å²) < 4.78 is 11.7. The number of hydrogen-bond donors (Lipinski definition) is 0. The van der Waals surface area contributed by atoms with E-state index >= 15 is 0 Å². The molecule has 0 bridgehead atoms. The van der Waals surface area contributed by atoms with Gasteiger partial charge in [-0.1, -0.05) is 94.8 Å². The molecule has 4 aromatic carbocycles. The van der Waals surface area contributed by atoms with Crippen LogP contribution in [-0.4, -0.2) is 24.8 Å². The number of benzene rings is 4. The van der Waals surface area contributed by atoms with Gasteiger partial charge < -0.3 is 9.47 Å². The number of unbranched alkanes of at least 4 members (excludes halogenated alkanes) is 6. The summed E-state index contributed by atoms with van der Waals surface area (Å²) in [5, 5.41) is 4.33. The van der Waals surface area contributed by atoms with Crippen LogP contribution in [-0.2, 0) is 0 Å². The number of rotatable bonds is 14. The van der Waals surface area contributed by atoms with Crippen LogP contribution in [0.15, 0.2) is 72.8 Å². The highest BCUT2D eigenvalue weighted by molar-refractivity contribution is 6.00. The molecule has 0 heterocycles. The molecule has 0 unspecified atom stereocenters. The maximum absolute atomic E-state index is 11.5. The quantitative estimate of drug-likeness (QED) is 0.118. The molecule has 4 aromatic rings. The van der Waals surface area contributed by atoms with Gasteiger partial charge in [0, 0.05) is 16.5 Å². The molecule has 0 radical (unpaired) electrons. The lowest BCUT2D eigenvalue weighted by Crippen LogP contribution is -1.98. The van der Waals surface area contributed by atoms with E-state index in [1.807, 2.05) is 72.8 Å². The zero-order valence-electron chi connectivity index (χ0n) is 24.6. The Hall–Kier alpha value is -3.66. The molecule has 4 nitrogen and oxygen atoms in total. The molecule has 0 aliphatic heterocycles. The number of hydrogen-bond acceptors (Lipinski definition) is 4. The molecule has 0 aliphatic carbocycles. The third kappa shape index (κ3) is 9.51. The minimum atomic E-state index is 0.0876. The Bertz CT molecular complexity index is 1390. The van der Waals surface area contributed by atoms with Crippen LogP contribution in [0.4, 0.5) is 0 Å². The van der Waals surface area contributed by atoms with Crippen molar-refractivity contribution in [1.29, 1.82) is 0 Å². The second-order valence-electron chi connectivity index (χ2n) is 10.3. The molecule has 0 amide bonds. The SMILES string of the molecule is CCCCCCOc1ccc2ccc(C(C)=O)cc2c1.CCCCCCOc1cccc2ccc(C(C)=O)cc12. The first-order valence-corrected chi connectivity index (χ1v) is 14.8. The van der Waals surface area contributed by atoms with Crippen molar-refractivity contribution in [2.75, 3.05) is 13.2 Å². The number of carbonyl (C=O) groups excluding carboxylic acids is 2. The van der Waals surface area contributed by atoms with E-state index in [4.69, 9.17) is 9.47 Å². The summed E-state index contributed by atoms with van der Waals surface area (Å²) in [6.45, 7) is 9.09. The highest BCUT2D eigenvalue weighted by Crippen LogP contribution is 2.27. The van der Waals surface area contributed by atoms with Crippen LogP contribution in [0, 0.1) is 0 Å². The summed E-state index contributed by atoms with van der Waals surface area (Å²) in [6.07, 6.45) is 9.60. The fraction of sp³-hybridized carbons (Fsp3) is 0.389. The van der Waals surface area contributed by atoms with Crippen LogP contribution in [0.3, 0.4) is 0 Å². The molecule has 0 N–H and O–H groups in total. The Morgan fingerprint density at radius 3 is 1.82 bits per heavy atom. The molecule has 0 spiro atoms. The first-order valence-electron chi connectivity index (χ1n) is 14.8. The number of fused-ring (bicyclic) bond motifs is 2. The molecular formula is C36H44O4.